The van der Waals surface area contributed by atoms with E-state index in [1.54, 1.807) is 26.0 Å². The molecule has 0 atom stereocenters. The Morgan fingerprint density at radius 3 is 2.45 bits per heavy atom. The van der Waals surface area contributed by atoms with Crippen LogP contribution >= 0.6 is 35.6 Å². The van der Waals surface area contributed by atoms with Crippen molar-refractivity contribution < 1.29 is 4.79 Å². The van der Waals surface area contributed by atoms with Crippen molar-refractivity contribution in [2.24, 2.45) is 4.99 Å². The zero-order chi connectivity index (χ0) is 15.7. The number of amides is 1. The first-order chi connectivity index (χ1) is 10.0. The normalized spacial score (nSPS) is 10.6. The molecule has 0 saturated heterocycles. The molecule has 1 aromatic rings. The molecule has 1 aromatic carbocycles. The second-order valence-electron chi connectivity index (χ2n) is 4.81. The molecule has 0 aliphatic rings. The average Bonchev–Trinajstić information content (AvgIpc) is 2.47. The summed E-state index contributed by atoms with van der Waals surface area (Å²) < 4.78 is 0. The van der Waals surface area contributed by atoms with Gasteiger partial charge in [0, 0.05) is 45.7 Å². The third-order valence-corrected chi connectivity index (χ3v) is 3.37. The summed E-state index contributed by atoms with van der Waals surface area (Å²) in [6, 6.07) is 7.79. The van der Waals surface area contributed by atoms with E-state index in [1.165, 1.54) is 0 Å². The summed E-state index contributed by atoms with van der Waals surface area (Å²) in [6.45, 7) is 1.29. The SMILES string of the molecule is CN=C(NCCC(=O)N(C)C)NCCc1ccccc1Cl.I. The van der Waals surface area contributed by atoms with Crippen LogP contribution in [0.2, 0.25) is 5.02 Å². The van der Waals surface area contributed by atoms with E-state index in [4.69, 9.17) is 11.6 Å². The lowest BCUT2D eigenvalue weighted by molar-refractivity contribution is -0.128. The summed E-state index contributed by atoms with van der Waals surface area (Å²) >= 11 is 6.11. The molecule has 0 heterocycles. The Hall–Kier alpha value is -1.02. The quantitative estimate of drug-likeness (QED) is 0.406. The third kappa shape index (κ3) is 7.84. The fourth-order valence-electron chi connectivity index (χ4n) is 1.75. The van der Waals surface area contributed by atoms with Gasteiger partial charge < -0.3 is 15.5 Å². The lowest BCUT2D eigenvalue weighted by Gasteiger charge is -2.14. The standard InChI is InChI=1S/C15H23ClN4O.HI/c1-17-15(19-11-9-14(21)20(2)3)18-10-8-12-6-4-5-7-13(12)16;/h4-7H,8-11H2,1-3H3,(H2,17,18,19);1H. The summed E-state index contributed by atoms with van der Waals surface area (Å²) in [7, 11) is 5.20. The highest BCUT2D eigenvalue weighted by Gasteiger charge is 2.04. The molecule has 0 saturated carbocycles. The van der Waals surface area contributed by atoms with Crippen LogP contribution in [0.1, 0.15) is 12.0 Å². The lowest BCUT2D eigenvalue weighted by atomic mass is 10.1. The molecule has 1 amide bonds. The van der Waals surface area contributed by atoms with Crippen LogP contribution in [0, 0.1) is 0 Å². The topological polar surface area (TPSA) is 56.7 Å². The number of aliphatic imine (C=N–C) groups is 1. The fraction of sp³-hybridized carbons (Fsp3) is 0.467. The molecule has 0 radical (unpaired) electrons. The highest BCUT2D eigenvalue weighted by molar-refractivity contribution is 14.0. The highest BCUT2D eigenvalue weighted by atomic mass is 127. The van der Waals surface area contributed by atoms with Gasteiger partial charge in [0.1, 0.15) is 0 Å². The second kappa shape index (κ2) is 11.5. The van der Waals surface area contributed by atoms with E-state index in [0.29, 0.717) is 18.9 Å². The van der Waals surface area contributed by atoms with Crippen molar-refractivity contribution in [1.82, 2.24) is 15.5 Å². The monoisotopic (exact) mass is 438 g/mol. The molecule has 0 aliphatic heterocycles. The summed E-state index contributed by atoms with van der Waals surface area (Å²) in [6.07, 6.45) is 1.26. The molecular weight excluding hydrogens is 415 g/mol. The van der Waals surface area contributed by atoms with Crippen LogP contribution in [0.25, 0.3) is 0 Å². The maximum atomic E-state index is 11.5. The first-order valence-electron chi connectivity index (χ1n) is 6.92. The molecule has 0 unspecified atom stereocenters. The summed E-state index contributed by atoms with van der Waals surface area (Å²) in [5.74, 6) is 0.780. The molecule has 0 spiro atoms. The van der Waals surface area contributed by atoms with Gasteiger partial charge >= 0.3 is 0 Å². The van der Waals surface area contributed by atoms with Gasteiger partial charge in [0.15, 0.2) is 5.96 Å². The summed E-state index contributed by atoms with van der Waals surface area (Å²) in [4.78, 5) is 17.2. The predicted octanol–water partition coefficient (Wildman–Crippen LogP) is 2.14. The Kier molecular flexibility index (Phi) is 11.0. The van der Waals surface area contributed by atoms with E-state index in [0.717, 1.165) is 23.6 Å². The minimum atomic E-state index is 0. The smallest absolute Gasteiger partial charge is 0.223 e. The maximum Gasteiger partial charge on any atom is 0.223 e. The number of rotatable bonds is 6. The van der Waals surface area contributed by atoms with Crippen LogP contribution in [-0.2, 0) is 11.2 Å². The minimum Gasteiger partial charge on any atom is -0.356 e. The van der Waals surface area contributed by atoms with Crippen LogP contribution in [-0.4, -0.2) is 51.0 Å². The lowest BCUT2D eigenvalue weighted by Crippen LogP contribution is -2.40. The van der Waals surface area contributed by atoms with Crippen molar-refractivity contribution in [2.75, 3.05) is 34.2 Å². The number of nitrogens with one attached hydrogen (secondary N) is 2. The first kappa shape index (κ1) is 21.0. The van der Waals surface area contributed by atoms with E-state index < -0.39 is 0 Å². The first-order valence-corrected chi connectivity index (χ1v) is 7.30. The molecular formula is C15H24ClIN4O. The van der Waals surface area contributed by atoms with Crippen LogP contribution in [0.4, 0.5) is 0 Å². The molecule has 0 aromatic heterocycles. The molecule has 0 aliphatic carbocycles. The number of carbonyl (C=O) groups excluding carboxylic acids is 1. The number of hydrogen-bond donors (Lipinski definition) is 2. The van der Waals surface area contributed by atoms with E-state index in [-0.39, 0.29) is 29.9 Å². The van der Waals surface area contributed by atoms with Gasteiger partial charge in [0.25, 0.3) is 0 Å². The van der Waals surface area contributed by atoms with Crippen LogP contribution in [0.3, 0.4) is 0 Å². The number of guanidine groups is 1. The number of carbonyl (C=O) groups is 1. The Morgan fingerprint density at radius 1 is 1.23 bits per heavy atom. The molecule has 2 N–H and O–H groups in total. The molecule has 7 heteroatoms. The van der Waals surface area contributed by atoms with Crippen LogP contribution in [0.15, 0.2) is 29.3 Å². The van der Waals surface area contributed by atoms with Gasteiger partial charge in [-0.1, -0.05) is 29.8 Å². The summed E-state index contributed by atoms with van der Waals surface area (Å²) in [5.41, 5.74) is 1.10. The van der Waals surface area contributed by atoms with Crippen molar-refractivity contribution in [3.63, 3.8) is 0 Å². The number of hydrogen-bond acceptors (Lipinski definition) is 2. The van der Waals surface area contributed by atoms with Crippen molar-refractivity contribution in [2.45, 2.75) is 12.8 Å². The summed E-state index contributed by atoms with van der Waals surface area (Å²) in [5, 5.41) is 7.09. The maximum absolute atomic E-state index is 11.5. The zero-order valence-corrected chi connectivity index (χ0v) is 16.3. The van der Waals surface area contributed by atoms with Gasteiger partial charge in [0.2, 0.25) is 5.91 Å². The average molecular weight is 439 g/mol. The predicted molar refractivity (Wildman–Crippen MR) is 103 cm³/mol. The Morgan fingerprint density at radius 2 is 1.86 bits per heavy atom. The van der Waals surface area contributed by atoms with E-state index >= 15 is 0 Å². The fourth-order valence-corrected chi connectivity index (χ4v) is 1.98. The third-order valence-electron chi connectivity index (χ3n) is 3.00. The molecule has 0 fully saturated rings. The Balaban J connectivity index is 0.00000441. The molecule has 5 nitrogen and oxygen atoms in total. The van der Waals surface area contributed by atoms with Crippen LogP contribution in [0.5, 0.6) is 0 Å². The molecule has 0 bridgehead atoms. The van der Waals surface area contributed by atoms with Crippen molar-refractivity contribution in [3.05, 3.63) is 34.9 Å². The number of nitrogens with zero attached hydrogens (tertiary/aromatic N) is 2. The highest BCUT2D eigenvalue weighted by Crippen LogP contribution is 2.14. The van der Waals surface area contributed by atoms with Gasteiger partial charge in [-0.25, -0.2) is 0 Å². The number of benzene rings is 1. The van der Waals surface area contributed by atoms with E-state index in [9.17, 15) is 4.79 Å². The van der Waals surface area contributed by atoms with Gasteiger partial charge in [-0.2, -0.15) is 0 Å². The zero-order valence-electron chi connectivity index (χ0n) is 13.2. The Bertz CT molecular complexity index is 494. The Labute approximate surface area is 154 Å². The van der Waals surface area contributed by atoms with Gasteiger partial charge in [-0.05, 0) is 18.1 Å². The minimum absolute atomic E-state index is 0. The van der Waals surface area contributed by atoms with Crippen molar-refractivity contribution >= 4 is 47.4 Å². The molecule has 124 valence electrons. The second-order valence-corrected chi connectivity index (χ2v) is 5.21. The molecule has 1 rings (SSSR count). The number of halogens is 2. The largest absolute Gasteiger partial charge is 0.356 e. The van der Waals surface area contributed by atoms with E-state index in [1.807, 2.05) is 24.3 Å². The van der Waals surface area contributed by atoms with E-state index in [2.05, 4.69) is 15.6 Å². The van der Waals surface area contributed by atoms with Crippen LogP contribution < -0.4 is 10.6 Å². The van der Waals surface area contributed by atoms with Crippen molar-refractivity contribution in [1.29, 1.82) is 0 Å². The van der Waals surface area contributed by atoms with Gasteiger partial charge in [0.05, 0.1) is 0 Å². The van der Waals surface area contributed by atoms with Gasteiger partial charge in [-0.3, -0.25) is 9.79 Å². The van der Waals surface area contributed by atoms with Gasteiger partial charge in [-0.15, -0.1) is 24.0 Å². The van der Waals surface area contributed by atoms with Crippen molar-refractivity contribution in [3.8, 4) is 0 Å². The molecule has 22 heavy (non-hydrogen) atoms.